The molecule has 0 unspecified atom stereocenters. The number of hydrogen-bond donors (Lipinski definition) is 1. The molecule has 7 nitrogen and oxygen atoms in total. The monoisotopic (exact) mass is 306 g/mol. The number of fused-ring (bicyclic) bond motifs is 1. The van der Waals surface area contributed by atoms with Gasteiger partial charge in [0.2, 0.25) is 0 Å². The first-order valence-electron chi connectivity index (χ1n) is 6.67. The summed E-state index contributed by atoms with van der Waals surface area (Å²) in [6.07, 6.45) is 11.1. The summed E-state index contributed by atoms with van der Waals surface area (Å²) in [4.78, 5) is 13.0. The summed E-state index contributed by atoms with van der Waals surface area (Å²) in [6, 6.07) is 0. The summed E-state index contributed by atoms with van der Waals surface area (Å²) in [5.41, 5.74) is 7.16. The van der Waals surface area contributed by atoms with E-state index < -0.39 is 5.54 Å². The largest absolute Gasteiger partial charge is 0.332 e. The molecular weight excluding hydrogens is 292 g/mol. The van der Waals surface area contributed by atoms with Gasteiger partial charge in [0, 0.05) is 24.8 Å². The van der Waals surface area contributed by atoms with Crippen molar-refractivity contribution < 1.29 is 4.52 Å². The Morgan fingerprint density at radius 2 is 1.86 bits per heavy atom. The minimum atomic E-state index is -0.456. The fourth-order valence-corrected chi connectivity index (χ4v) is 2.76. The molecule has 1 saturated carbocycles. The lowest BCUT2D eigenvalue weighted by Gasteiger charge is -2.17. The van der Waals surface area contributed by atoms with Crippen molar-refractivity contribution in [3.05, 3.63) is 30.6 Å². The molecule has 21 heavy (non-hydrogen) atoms. The van der Waals surface area contributed by atoms with Crippen LogP contribution in [-0.4, -0.2) is 24.5 Å². The summed E-state index contributed by atoms with van der Waals surface area (Å²) < 4.78 is 7.21. The quantitative estimate of drug-likeness (QED) is 0.777. The van der Waals surface area contributed by atoms with Gasteiger partial charge in [0.15, 0.2) is 17.2 Å². The second kappa shape index (κ2) is 5.09. The lowest BCUT2D eigenvalue weighted by molar-refractivity contribution is 0.372. The Morgan fingerprint density at radius 1 is 1.14 bits per heavy atom. The van der Waals surface area contributed by atoms with Crippen molar-refractivity contribution in [3.63, 3.8) is 0 Å². The molecule has 0 saturated heterocycles. The molecule has 0 amide bonds. The van der Waals surface area contributed by atoms with Gasteiger partial charge in [-0.25, -0.2) is 9.97 Å². The van der Waals surface area contributed by atoms with E-state index in [1.165, 1.54) is 0 Å². The van der Waals surface area contributed by atoms with E-state index in [9.17, 15) is 0 Å². The first-order chi connectivity index (χ1) is 9.76. The smallest absolute Gasteiger partial charge is 0.280 e. The first-order valence-corrected chi connectivity index (χ1v) is 6.67. The Kier molecular flexibility index (Phi) is 3.38. The minimum Gasteiger partial charge on any atom is -0.332 e. The molecule has 1 aliphatic carbocycles. The second-order valence-electron chi connectivity index (χ2n) is 5.22. The number of aromatic nitrogens is 5. The van der Waals surface area contributed by atoms with Crippen LogP contribution in [0.3, 0.4) is 0 Å². The van der Waals surface area contributed by atoms with Gasteiger partial charge in [-0.3, -0.25) is 0 Å². The standard InChI is InChI=1S/C13H14N6O.ClH/c14-13(3-1-2-4-13)12-17-11(20-18-12)9-10-16-6-8-19(10)7-5-15-9;/h5-8H,1-4,14H2;1H. The van der Waals surface area contributed by atoms with Crippen LogP contribution in [0.25, 0.3) is 17.2 Å². The van der Waals surface area contributed by atoms with Gasteiger partial charge in [-0.2, -0.15) is 4.98 Å². The predicted octanol–water partition coefficient (Wildman–Crippen LogP) is 1.93. The highest BCUT2D eigenvalue weighted by atomic mass is 35.5. The summed E-state index contributed by atoms with van der Waals surface area (Å²) in [6.45, 7) is 0. The fraction of sp³-hybridized carbons (Fsp3) is 0.385. The third-order valence-corrected chi connectivity index (χ3v) is 3.88. The highest BCUT2D eigenvalue weighted by molar-refractivity contribution is 5.85. The third-order valence-electron chi connectivity index (χ3n) is 3.88. The van der Waals surface area contributed by atoms with E-state index in [0.29, 0.717) is 23.1 Å². The molecule has 4 rings (SSSR count). The average Bonchev–Trinajstić information content (AvgIpc) is 3.18. The number of halogens is 1. The van der Waals surface area contributed by atoms with Gasteiger partial charge >= 0.3 is 0 Å². The van der Waals surface area contributed by atoms with Crippen molar-refractivity contribution in [2.24, 2.45) is 5.73 Å². The molecule has 3 aromatic rings. The van der Waals surface area contributed by atoms with Crippen molar-refractivity contribution >= 4 is 18.1 Å². The van der Waals surface area contributed by atoms with Crippen LogP contribution in [0.1, 0.15) is 31.5 Å². The zero-order valence-electron chi connectivity index (χ0n) is 11.3. The molecule has 0 radical (unpaired) electrons. The molecule has 3 aromatic heterocycles. The first kappa shape index (κ1) is 14.0. The van der Waals surface area contributed by atoms with E-state index in [2.05, 4.69) is 20.1 Å². The predicted molar refractivity (Wildman–Crippen MR) is 77.9 cm³/mol. The molecule has 0 atom stereocenters. The zero-order valence-corrected chi connectivity index (χ0v) is 12.1. The van der Waals surface area contributed by atoms with E-state index in [4.69, 9.17) is 10.3 Å². The highest BCUT2D eigenvalue weighted by Crippen LogP contribution is 2.35. The van der Waals surface area contributed by atoms with Crippen LogP contribution in [0.4, 0.5) is 0 Å². The van der Waals surface area contributed by atoms with Crippen LogP contribution in [0.5, 0.6) is 0 Å². The zero-order chi connectivity index (χ0) is 13.6. The lowest BCUT2D eigenvalue weighted by Crippen LogP contribution is -2.34. The maximum atomic E-state index is 6.34. The molecule has 0 bridgehead atoms. The molecule has 8 heteroatoms. The van der Waals surface area contributed by atoms with Crippen LogP contribution in [-0.2, 0) is 5.54 Å². The van der Waals surface area contributed by atoms with E-state index in [1.807, 2.05) is 16.8 Å². The van der Waals surface area contributed by atoms with Crippen molar-refractivity contribution in [1.29, 1.82) is 0 Å². The normalized spacial score (nSPS) is 17.0. The average molecular weight is 307 g/mol. The second-order valence-corrected chi connectivity index (χ2v) is 5.22. The fourth-order valence-electron chi connectivity index (χ4n) is 2.76. The van der Waals surface area contributed by atoms with Gasteiger partial charge in [-0.15, -0.1) is 12.4 Å². The van der Waals surface area contributed by atoms with E-state index >= 15 is 0 Å². The van der Waals surface area contributed by atoms with Gasteiger partial charge in [0.05, 0.1) is 5.54 Å². The Morgan fingerprint density at radius 3 is 2.62 bits per heavy atom. The van der Waals surface area contributed by atoms with Crippen LogP contribution in [0.2, 0.25) is 0 Å². The van der Waals surface area contributed by atoms with Gasteiger partial charge in [0.25, 0.3) is 5.89 Å². The van der Waals surface area contributed by atoms with Crippen molar-refractivity contribution in [3.8, 4) is 11.6 Å². The van der Waals surface area contributed by atoms with Crippen LogP contribution < -0.4 is 5.73 Å². The van der Waals surface area contributed by atoms with Crippen molar-refractivity contribution in [2.45, 2.75) is 31.2 Å². The molecular formula is C13H15ClN6O. The lowest BCUT2D eigenvalue weighted by atomic mass is 9.99. The number of nitrogens with two attached hydrogens (primary N) is 1. The maximum absolute atomic E-state index is 6.34. The number of imidazole rings is 1. The van der Waals surface area contributed by atoms with Gasteiger partial charge in [-0.05, 0) is 12.8 Å². The minimum absolute atomic E-state index is 0. The molecule has 1 fully saturated rings. The Balaban J connectivity index is 0.00000132. The molecule has 0 aromatic carbocycles. The van der Waals surface area contributed by atoms with Crippen molar-refractivity contribution in [1.82, 2.24) is 24.5 Å². The number of hydrogen-bond acceptors (Lipinski definition) is 6. The molecule has 1 aliphatic rings. The topological polar surface area (TPSA) is 95.1 Å². The van der Waals surface area contributed by atoms with Gasteiger partial charge in [0.1, 0.15) is 0 Å². The highest BCUT2D eigenvalue weighted by Gasteiger charge is 2.36. The number of rotatable bonds is 2. The molecule has 3 heterocycles. The van der Waals surface area contributed by atoms with Gasteiger partial charge in [-0.1, -0.05) is 18.0 Å². The summed E-state index contributed by atoms with van der Waals surface area (Å²) in [5.74, 6) is 0.939. The van der Waals surface area contributed by atoms with Crippen LogP contribution in [0, 0.1) is 0 Å². The summed E-state index contributed by atoms with van der Waals surface area (Å²) in [7, 11) is 0. The molecule has 0 spiro atoms. The number of nitrogens with zero attached hydrogens (tertiary/aromatic N) is 5. The molecule has 110 valence electrons. The summed E-state index contributed by atoms with van der Waals surface area (Å²) in [5, 5.41) is 4.05. The van der Waals surface area contributed by atoms with Gasteiger partial charge < -0.3 is 14.7 Å². The third kappa shape index (κ3) is 2.18. The molecule has 2 N–H and O–H groups in total. The Bertz CT molecular complexity index is 761. The van der Waals surface area contributed by atoms with E-state index in [-0.39, 0.29) is 12.4 Å². The van der Waals surface area contributed by atoms with Crippen LogP contribution >= 0.6 is 12.4 Å². The SMILES string of the molecule is Cl.NC1(c2noc(-c3nccn4ccnc34)n2)CCCC1. The summed E-state index contributed by atoms with van der Waals surface area (Å²) >= 11 is 0. The maximum Gasteiger partial charge on any atom is 0.280 e. The van der Waals surface area contributed by atoms with Crippen LogP contribution in [0.15, 0.2) is 29.3 Å². The van der Waals surface area contributed by atoms with E-state index in [0.717, 1.165) is 25.7 Å². The van der Waals surface area contributed by atoms with E-state index in [1.54, 1.807) is 12.4 Å². The Hall–Kier alpha value is -1.99. The Labute approximate surface area is 127 Å². The molecule has 0 aliphatic heterocycles. The van der Waals surface area contributed by atoms with Crippen molar-refractivity contribution in [2.75, 3.05) is 0 Å².